The van der Waals surface area contributed by atoms with Crippen LogP contribution in [0.5, 0.6) is 5.75 Å². The number of hydrogen-bond donors (Lipinski definition) is 1. The Balaban J connectivity index is 1.31. The molecule has 0 saturated carbocycles. The molecule has 3 aliphatic rings. The number of amides is 3. The van der Waals surface area contributed by atoms with Gasteiger partial charge in [0.2, 0.25) is 5.91 Å². The lowest BCUT2D eigenvalue weighted by molar-refractivity contribution is -0.126. The lowest BCUT2D eigenvalue weighted by atomic mass is 9.95. The highest BCUT2D eigenvalue weighted by Crippen LogP contribution is 2.25. The third-order valence-electron chi connectivity index (χ3n) is 6.97. The van der Waals surface area contributed by atoms with Crippen molar-refractivity contribution in [2.75, 3.05) is 66.1 Å². The Hall–Kier alpha value is -2.32. The zero-order chi connectivity index (χ0) is 22.3. The quantitative estimate of drug-likeness (QED) is 0.728. The van der Waals surface area contributed by atoms with Gasteiger partial charge >= 0.3 is 6.03 Å². The smallest absolute Gasteiger partial charge is 0.319 e. The molecule has 32 heavy (non-hydrogen) atoms. The van der Waals surface area contributed by atoms with Crippen LogP contribution in [0.15, 0.2) is 24.3 Å². The van der Waals surface area contributed by atoms with E-state index in [1.807, 2.05) is 21.9 Å². The average molecular weight is 445 g/mol. The van der Waals surface area contributed by atoms with Crippen molar-refractivity contribution in [2.45, 2.75) is 31.7 Å². The van der Waals surface area contributed by atoms with Gasteiger partial charge in [0, 0.05) is 51.7 Å². The highest BCUT2D eigenvalue weighted by atomic mass is 16.5. The second kappa shape index (κ2) is 11.0. The van der Waals surface area contributed by atoms with Crippen LogP contribution in [0, 0.1) is 5.92 Å². The highest BCUT2D eigenvalue weighted by molar-refractivity contribution is 5.79. The van der Waals surface area contributed by atoms with Crippen LogP contribution in [0.2, 0.25) is 0 Å². The summed E-state index contributed by atoms with van der Waals surface area (Å²) in [5.74, 6) is 0.901. The molecule has 176 valence electrons. The van der Waals surface area contributed by atoms with E-state index in [1.54, 1.807) is 7.11 Å². The van der Waals surface area contributed by atoms with E-state index in [-0.39, 0.29) is 23.9 Å². The van der Waals surface area contributed by atoms with Gasteiger partial charge in [0.05, 0.1) is 26.4 Å². The van der Waals surface area contributed by atoms with Crippen LogP contribution >= 0.6 is 0 Å². The fourth-order valence-electron chi connectivity index (χ4n) is 4.96. The van der Waals surface area contributed by atoms with Gasteiger partial charge < -0.3 is 24.6 Å². The molecule has 3 amide bonds. The number of hydrogen-bond acceptors (Lipinski definition) is 5. The van der Waals surface area contributed by atoms with Gasteiger partial charge in [-0.2, -0.15) is 0 Å². The van der Waals surface area contributed by atoms with E-state index in [1.165, 1.54) is 5.56 Å². The first kappa shape index (κ1) is 22.9. The molecule has 1 N–H and O–H groups in total. The third kappa shape index (κ3) is 5.53. The molecule has 1 atom stereocenters. The summed E-state index contributed by atoms with van der Waals surface area (Å²) in [6.45, 7) is 6.76. The maximum atomic E-state index is 13.0. The summed E-state index contributed by atoms with van der Waals surface area (Å²) < 4.78 is 10.8. The largest absolute Gasteiger partial charge is 0.497 e. The van der Waals surface area contributed by atoms with E-state index < -0.39 is 0 Å². The van der Waals surface area contributed by atoms with Crippen LogP contribution in [0.1, 0.15) is 37.3 Å². The molecule has 4 rings (SSSR count). The maximum Gasteiger partial charge on any atom is 0.319 e. The third-order valence-corrected chi connectivity index (χ3v) is 6.97. The number of rotatable bonds is 6. The van der Waals surface area contributed by atoms with E-state index in [2.05, 4.69) is 22.3 Å². The van der Waals surface area contributed by atoms with E-state index in [9.17, 15) is 9.59 Å². The lowest BCUT2D eigenvalue weighted by Gasteiger charge is -2.36. The zero-order valence-electron chi connectivity index (χ0n) is 19.1. The molecule has 1 aromatic carbocycles. The monoisotopic (exact) mass is 444 g/mol. The standard InChI is InChI=1S/C24H36N4O4/c1-31-21-6-4-19(5-7-21)22(26-14-16-32-17-15-26)18-25-23(29)20-8-12-28(13-9-20)24(30)27-10-2-3-11-27/h4-7,20,22H,2-3,8-18H2,1H3,(H,25,29). The summed E-state index contributed by atoms with van der Waals surface area (Å²) in [4.78, 5) is 31.8. The number of urea groups is 1. The minimum absolute atomic E-state index is 0.0289. The molecular weight excluding hydrogens is 408 g/mol. The Morgan fingerprint density at radius 2 is 1.62 bits per heavy atom. The van der Waals surface area contributed by atoms with Crippen molar-refractivity contribution in [3.05, 3.63) is 29.8 Å². The van der Waals surface area contributed by atoms with Crippen molar-refractivity contribution in [1.29, 1.82) is 0 Å². The van der Waals surface area contributed by atoms with Crippen molar-refractivity contribution < 1.29 is 19.1 Å². The second-order valence-corrected chi connectivity index (χ2v) is 8.92. The summed E-state index contributed by atoms with van der Waals surface area (Å²) in [6.07, 6.45) is 3.67. The molecule has 0 radical (unpaired) electrons. The number of carbonyl (C=O) groups is 2. The SMILES string of the molecule is COc1ccc(C(CNC(=O)C2CCN(C(=O)N3CCCC3)CC2)N2CCOCC2)cc1. The van der Waals surface area contributed by atoms with Crippen LogP contribution in [-0.2, 0) is 9.53 Å². The predicted octanol–water partition coefficient (Wildman–Crippen LogP) is 2.11. The number of nitrogens with one attached hydrogen (secondary N) is 1. The Morgan fingerprint density at radius 1 is 1.00 bits per heavy atom. The van der Waals surface area contributed by atoms with E-state index in [0.29, 0.717) is 32.8 Å². The minimum atomic E-state index is -0.0289. The summed E-state index contributed by atoms with van der Waals surface area (Å²) in [7, 11) is 1.67. The second-order valence-electron chi connectivity index (χ2n) is 8.92. The van der Waals surface area contributed by atoms with E-state index in [0.717, 1.165) is 57.6 Å². The first-order valence-electron chi connectivity index (χ1n) is 11.9. The van der Waals surface area contributed by atoms with Gasteiger partial charge in [-0.05, 0) is 43.4 Å². The number of benzene rings is 1. The van der Waals surface area contributed by atoms with Crippen LogP contribution < -0.4 is 10.1 Å². The summed E-state index contributed by atoms with van der Waals surface area (Å²) in [5.41, 5.74) is 1.17. The van der Waals surface area contributed by atoms with Crippen molar-refractivity contribution in [3.63, 3.8) is 0 Å². The topological polar surface area (TPSA) is 74.4 Å². The van der Waals surface area contributed by atoms with E-state index in [4.69, 9.17) is 9.47 Å². The molecule has 3 heterocycles. The van der Waals surface area contributed by atoms with Crippen LogP contribution in [0.25, 0.3) is 0 Å². The normalized spacial score (nSPS) is 21.4. The summed E-state index contributed by atoms with van der Waals surface area (Å²) in [6, 6.07) is 8.34. The Kier molecular flexibility index (Phi) is 7.86. The number of piperidine rings is 1. The van der Waals surface area contributed by atoms with Crippen molar-refractivity contribution >= 4 is 11.9 Å². The molecule has 8 heteroatoms. The maximum absolute atomic E-state index is 13.0. The van der Waals surface area contributed by atoms with E-state index >= 15 is 0 Å². The van der Waals surface area contributed by atoms with Gasteiger partial charge in [0.25, 0.3) is 0 Å². The molecule has 3 saturated heterocycles. The Bertz CT molecular complexity index is 752. The number of nitrogens with zero attached hydrogens (tertiary/aromatic N) is 3. The van der Waals surface area contributed by atoms with Gasteiger partial charge in [-0.15, -0.1) is 0 Å². The van der Waals surface area contributed by atoms with Crippen LogP contribution in [0.4, 0.5) is 4.79 Å². The Morgan fingerprint density at radius 3 is 2.25 bits per heavy atom. The molecule has 1 unspecified atom stereocenters. The molecule has 0 bridgehead atoms. The molecule has 8 nitrogen and oxygen atoms in total. The van der Waals surface area contributed by atoms with Gasteiger partial charge in [0.1, 0.15) is 5.75 Å². The number of methoxy groups -OCH3 is 1. The molecule has 1 aromatic rings. The number of carbonyl (C=O) groups excluding carboxylic acids is 2. The lowest BCUT2D eigenvalue weighted by Crippen LogP contribution is -2.49. The fourth-order valence-corrected chi connectivity index (χ4v) is 4.96. The first-order chi connectivity index (χ1) is 15.7. The molecule has 0 spiro atoms. The van der Waals surface area contributed by atoms with Gasteiger partial charge in [-0.25, -0.2) is 4.79 Å². The molecule has 0 aliphatic carbocycles. The van der Waals surface area contributed by atoms with Crippen molar-refractivity contribution in [1.82, 2.24) is 20.0 Å². The Labute approximate surface area is 190 Å². The molecule has 0 aromatic heterocycles. The van der Waals surface area contributed by atoms with Gasteiger partial charge in [0.15, 0.2) is 0 Å². The average Bonchev–Trinajstić information content (AvgIpc) is 3.40. The highest BCUT2D eigenvalue weighted by Gasteiger charge is 2.31. The first-order valence-corrected chi connectivity index (χ1v) is 11.9. The van der Waals surface area contributed by atoms with Crippen molar-refractivity contribution in [2.24, 2.45) is 5.92 Å². The zero-order valence-corrected chi connectivity index (χ0v) is 19.1. The molecular formula is C24H36N4O4. The van der Waals surface area contributed by atoms with Crippen LogP contribution in [0.3, 0.4) is 0 Å². The number of morpholine rings is 1. The van der Waals surface area contributed by atoms with Gasteiger partial charge in [-0.3, -0.25) is 9.69 Å². The fraction of sp³-hybridized carbons (Fsp3) is 0.667. The summed E-state index contributed by atoms with van der Waals surface area (Å²) >= 11 is 0. The number of likely N-dealkylation sites (tertiary alicyclic amines) is 2. The number of ether oxygens (including phenoxy) is 2. The van der Waals surface area contributed by atoms with Gasteiger partial charge in [-0.1, -0.05) is 12.1 Å². The van der Waals surface area contributed by atoms with Crippen molar-refractivity contribution in [3.8, 4) is 5.75 Å². The molecule has 3 fully saturated rings. The minimum Gasteiger partial charge on any atom is -0.497 e. The van der Waals surface area contributed by atoms with Crippen LogP contribution in [-0.4, -0.2) is 92.8 Å². The molecule has 3 aliphatic heterocycles. The predicted molar refractivity (Wildman–Crippen MR) is 122 cm³/mol. The summed E-state index contributed by atoms with van der Waals surface area (Å²) in [5, 5.41) is 3.21.